The van der Waals surface area contributed by atoms with Crippen LogP contribution in [0.25, 0.3) is 0 Å². The smallest absolute Gasteiger partial charge is 0.119 e. The first-order chi connectivity index (χ1) is 8.40. The van der Waals surface area contributed by atoms with Crippen molar-refractivity contribution in [2.45, 2.75) is 44.7 Å². The molecule has 92 valence electrons. The van der Waals surface area contributed by atoms with Crippen molar-refractivity contribution in [1.82, 2.24) is 5.32 Å². The van der Waals surface area contributed by atoms with Crippen LogP contribution in [-0.2, 0) is 6.54 Å². The molecule has 2 nitrogen and oxygen atoms in total. The van der Waals surface area contributed by atoms with E-state index in [2.05, 4.69) is 29.6 Å². The van der Waals surface area contributed by atoms with Crippen LogP contribution in [0.2, 0.25) is 0 Å². The first-order valence-corrected chi connectivity index (χ1v) is 6.85. The average molecular weight is 231 g/mol. The lowest BCUT2D eigenvalue weighted by molar-refractivity contribution is 0.302. The van der Waals surface area contributed by atoms with Gasteiger partial charge in [-0.25, -0.2) is 0 Å². The number of benzene rings is 1. The van der Waals surface area contributed by atoms with Crippen molar-refractivity contribution in [2.75, 3.05) is 6.61 Å². The monoisotopic (exact) mass is 231 g/mol. The minimum Gasteiger partial charge on any atom is -0.494 e. The Balaban J connectivity index is 1.46. The molecule has 17 heavy (non-hydrogen) atoms. The van der Waals surface area contributed by atoms with Crippen molar-refractivity contribution in [3.05, 3.63) is 29.8 Å². The van der Waals surface area contributed by atoms with Gasteiger partial charge < -0.3 is 10.1 Å². The molecule has 0 radical (unpaired) electrons. The van der Waals surface area contributed by atoms with Crippen LogP contribution in [0.15, 0.2) is 24.3 Å². The zero-order valence-corrected chi connectivity index (χ0v) is 10.3. The highest BCUT2D eigenvalue weighted by molar-refractivity contribution is 5.28. The summed E-state index contributed by atoms with van der Waals surface area (Å²) >= 11 is 0. The standard InChI is InChI=1S/C15H21NO/c1-2-13(11-16-14-6-7-14)10-15(3-1)17-9-8-12-4-5-12/h1-3,10,12,14,16H,4-9,11H2. The van der Waals surface area contributed by atoms with Gasteiger partial charge in [0.1, 0.15) is 5.75 Å². The van der Waals surface area contributed by atoms with Crippen molar-refractivity contribution in [2.24, 2.45) is 5.92 Å². The zero-order chi connectivity index (χ0) is 11.5. The van der Waals surface area contributed by atoms with Gasteiger partial charge in [0.15, 0.2) is 0 Å². The molecule has 2 fully saturated rings. The lowest BCUT2D eigenvalue weighted by Gasteiger charge is -2.08. The van der Waals surface area contributed by atoms with E-state index < -0.39 is 0 Å². The number of rotatable bonds is 7. The van der Waals surface area contributed by atoms with Gasteiger partial charge in [0, 0.05) is 12.6 Å². The predicted molar refractivity (Wildman–Crippen MR) is 69.1 cm³/mol. The molecule has 1 N–H and O–H groups in total. The van der Waals surface area contributed by atoms with Crippen LogP contribution in [0.3, 0.4) is 0 Å². The van der Waals surface area contributed by atoms with Gasteiger partial charge in [-0.15, -0.1) is 0 Å². The van der Waals surface area contributed by atoms with Crippen LogP contribution in [0.4, 0.5) is 0 Å². The second kappa shape index (κ2) is 5.09. The summed E-state index contributed by atoms with van der Waals surface area (Å²) in [6, 6.07) is 9.27. The van der Waals surface area contributed by atoms with Gasteiger partial charge in [-0.05, 0) is 42.9 Å². The fraction of sp³-hybridized carbons (Fsp3) is 0.600. The summed E-state index contributed by atoms with van der Waals surface area (Å²) < 4.78 is 5.79. The fourth-order valence-corrected chi connectivity index (χ4v) is 2.04. The summed E-state index contributed by atoms with van der Waals surface area (Å²) in [5.41, 5.74) is 1.33. The molecule has 2 aliphatic rings. The van der Waals surface area contributed by atoms with Gasteiger partial charge in [0.05, 0.1) is 6.61 Å². The van der Waals surface area contributed by atoms with E-state index in [9.17, 15) is 0 Å². The summed E-state index contributed by atoms with van der Waals surface area (Å²) in [4.78, 5) is 0. The normalized spacial score (nSPS) is 19.3. The predicted octanol–water partition coefficient (Wildman–Crippen LogP) is 3.12. The van der Waals surface area contributed by atoms with E-state index in [1.54, 1.807) is 0 Å². The second-order valence-electron chi connectivity index (χ2n) is 5.38. The first-order valence-electron chi connectivity index (χ1n) is 6.85. The lowest BCUT2D eigenvalue weighted by atomic mass is 10.2. The molecule has 2 aliphatic carbocycles. The van der Waals surface area contributed by atoms with E-state index in [0.717, 1.165) is 30.9 Å². The molecule has 0 saturated heterocycles. The average Bonchev–Trinajstić information content (AvgIpc) is 3.22. The second-order valence-corrected chi connectivity index (χ2v) is 5.38. The molecule has 3 rings (SSSR count). The third-order valence-electron chi connectivity index (χ3n) is 3.56. The minimum atomic E-state index is 0.773. The van der Waals surface area contributed by atoms with E-state index >= 15 is 0 Å². The van der Waals surface area contributed by atoms with Gasteiger partial charge >= 0.3 is 0 Å². The maximum atomic E-state index is 5.79. The highest BCUT2D eigenvalue weighted by Crippen LogP contribution is 2.32. The molecule has 0 heterocycles. The molecule has 2 heteroatoms. The molecule has 0 aliphatic heterocycles. The fourth-order valence-electron chi connectivity index (χ4n) is 2.04. The highest BCUT2D eigenvalue weighted by atomic mass is 16.5. The molecular formula is C15H21NO. The van der Waals surface area contributed by atoms with E-state index in [-0.39, 0.29) is 0 Å². The Labute approximate surface area is 103 Å². The van der Waals surface area contributed by atoms with Crippen LogP contribution in [0.5, 0.6) is 5.75 Å². The van der Waals surface area contributed by atoms with E-state index in [1.165, 1.54) is 37.7 Å². The highest BCUT2D eigenvalue weighted by Gasteiger charge is 2.21. The summed E-state index contributed by atoms with van der Waals surface area (Å²) in [6.07, 6.45) is 6.74. The summed E-state index contributed by atoms with van der Waals surface area (Å²) in [6.45, 7) is 1.86. The third kappa shape index (κ3) is 3.74. The Bertz CT molecular complexity index is 369. The largest absolute Gasteiger partial charge is 0.494 e. The Morgan fingerprint density at radius 2 is 2.06 bits per heavy atom. The maximum Gasteiger partial charge on any atom is 0.119 e. The summed E-state index contributed by atoms with van der Waals surface area (Å²) in [7, 11) is 0. The van der Waals surface area contributed by atoms with Crippen LogP contribution in [0.1, 0.15) is 37.7 Å². The molecular weight excluding hydrogens is 210 g/mol. The summed E-state index contributed by atoms with van der Waals surface area (Å²) in [5.74, 6) is 1.98. The SMILES string of the molecule is c1cc(CNC2CC2)cc(OCCC2CC2)c1. The van der Waals surface area contributed by atoms with E-state index in [0.29, 0.717) is 0 Å². The Hall–Kier alpha value is -1.02. The number of hydrogen-bond acceptors (Lipinski definition) is 2. The molecule has 2 saturated carbocycles. The van der Waals surface area contributed by atoms with Gasteiger partial charge in [-0.1, -0.05) is 25.0 Å². The van der Waals surface area contributed by atoms with Gasteiger partial charge in [0.2, 0.25) is 0 Å². The lowest BCUT2D eigenvalue weighted by Crippen LogP contribution is -2.15. The van der Waals surface area contributed by atoms with Crippen molar-refractivity contribution in [3.8, 4) is 5.75 Å². The van der Waals surface area contributed by atoms with Crippen molar-refractivity contribution in [1.29, 1.82) is 0 Å². The third-order valence-corrected chi connectivity index (χ3v) is 3.56. The first kappa shape index (κ1) is 11.1. The van der Waals surface area contributed by atoms with Crippen molar-refractivity contribution in [3.63, 3.8) is 0 Å². The maximum absolute atomic E-state index is 5.79. The summed E-state index contributed by atoms with van der Waals surface area (Å²) in [5, 5.41) is 3.53. The Kier molecular flexibility index (Phi) is 3.32. The number of ether oxygens (including phenoxy) is 1. The van der Waals surface area contributed by atoms with Crippen LogP contribution < -0.4 is 10.1 Å². The van der Waals surface area contributed by atoms with Crippen molar-refractivity contribution < 1.29 is 4.74 Å². The number of nitrogens with one attached hydrogen (secondary N) is 1. The van der Waals surface area contributed by atoms with Crippen LogP contribution in [-0.4, -0.2) is 12.6 Å². The molecule has 0 atom stereocenters. The van der Waals surface area contributed by atoms with Gasteiger partial charge in [-0.3, -0.25) is 0 Å². The molecule has 0 bridgehead atoms. The topological polar surface area (TPSA) is 21.3 Å². The van der Waals surface area contributed by atoms with E-state index in [4.69, 9.17) is 4.74 Å². The van der Waals surface area contributed by atoms with Crippen LogP contribution >= 0.6 is 0 Å². The molecule has 1 aromatic carbocycles. The van der Waals surface area contributed by atoms with Gasteiger partial charge in [-0.2, -0.15) is 0 Å². The molecule has 1 aromatic rings. The minimum absolute atomic E-state index is 0.773. The Morgan fingerprint density at radius 1 is 1.18 bits per heavy atom. The van der Waals surface area contributed by atoms with Crippen LogP contribution in [0, 0.1) is 5.92 Å². The molecule has 0 unspecified atom stereocenters. The molecule has 0 aromatic heterocycles. The number of hydrogen-bond donors (Lipinski definition) is 1. The Morgan fingerprint density at radius 3 is 2.82 bits per heavy atom. The quantitative estimate of drug-likeness (QED) is 0.778. The van der Waals surface area contributed by atoms with Gasteiger partial charge in [0.25, 0.3) is 0 Å². The zero-order valence-electron chi connectivity index (χ0n) is 10.3. The molecule has 0 spiro atoms. The molecule has 0 amide bonds. The van der Waals surface area contributed by atoms with Crippen molar-refractivity contribution >= 4 is 0 Å². The van der Waals surface area contributed by atoms with E-state index in [1.807, 2.05) is 0 Å².